The number of methoxy groups -OCH3 is 1. The first-order valence-electron chi connectivity index (χ1n) is 11.4. The van der Waals surface area contributed by atoms with E-state index in [2.05, 4.69) is 4.90 Å². The van der Waals surface area contributed by atoms with Crippen molar-refractivity contribution in [3.63, 3.8) is 0 Å². The maximum atomic E-state index is 14.1. The van der Waals surface area contributed by atoms with Gasteiger partial charge in [-0.2, -0.15) is 0 Å². The fourth-order valence-electron chi connectivity index (χ4n) is 4.15. The van der Waals surface area contributed by atoms with E-state index < -0.39 is 23.1 Å². The summed E-state index contributed by atoms with van der Waals surface area (Å²) in [4.78, 5) is 16.4. The normalized spacial score (nSPS) is 15.1. The highest BCUT2D eigenvalue weighted by molar-refractivity contribution is 6.30. The monoisotopic (exact) mass is 500 g/mol. The van der Waals surface area contributed by atoms with E-state index in [4.69, 9.17) is 21.1 Å². The van der Waals surface area contributed by atoms with E-state index in [1.54, 1.807) is 7.11 Å². The molecule has 3 aromatic carbocycles. The SMILES string of the molecule is COc1cccc(C(CN2CCN(C(=O)c3c(F)cccc3F)CC2)OCc2cccc(Cl)c2)c1. The first-order chi connectivity index (χ1) is 16.9. The minimum Gasteiger partial charge on any atom is -0.497 e. The second-order valence-corrected chi connectivity index (χ2v) is 8.83. The molecule has 1 aliphatic rings. The molecule has 4 rings (SSSR count). The summed E-state index contributed by atoms with van der Waals surface area (Å²) in [7, 11) is 1.62. The lowest BCUT2D eigenvalue weighted by Crippen LogP contribution is -2.50. The fraction of sp³-hybridized carbons (Fsp3) is 0.296. The van der Waals surface area contributed by atoms with Gasteiger partial charge in [-0.3, -0.25) is 9.69 Å². The third kappa shape index (κ3) is 6.36. The molecule has 8 heteroatoms. The predicted molar refractivity (Wildman–Crippen MR) is 131 cm³/mol. The van der Waals surface area contributed by atoms with Crippen LogP contribution in [-0.2, 0) is 11.3 Å². The molecule has 184 valence electrons. The number of amides is 1. The fourth-order valence-corrected chi connectivity index (χ4v) is 4.36. The first kappa shape index (κ1) is 25.1. The largest absolute Gasteiger partial charge is 0.497 e. The number of hydrogen-bond donors (Lipinski definition) is 0. The van der Waals surface area contributed by atoms with E-state index in [0.717, 1.165) is 29.0 Å². The average molecular weight is 501 g/mol. The zero-order valence-corrected chi connectivity index (χ0v) is 20.2. The van der Waals surface area contributed by atoms with Gasteiger partial charge in [0, 0.05) is 37.7 Å². The van der Waals surface area contributed by atoms with E-state index in [9.17, 15) is 13.6 Å². The van der Waals surface area contributed by atoms with Crippen molar-refractivity contribution in [2.45, 2.75) is 12.7 Å². The second-order valence-electron chi connectivity index (χ2n) is 8.40. The highest BCUT2D eigenvalue weighted by Gasteiger charge is 2.28. The van der Waals surface area contributed by atoms with Gasteiger partial charge in [0.15, 0.2) is 0 Å². The Hall–Kier alpha value is -3.00. The molecule has 1 fully saturated rings. The molecule has 1 aliphatic heterocycles. The summed E-state index contributed by atoms with van der Waals surface area (Å²) < 4.78 is 39.8. The minimum atomic E-state index is -0.843. The van der Waals surface area contributed by atoms with Gasteiger partial charge >= 0.3 is 0 Å². The lowest BCUT2D eigenvalue weighted by atomic mass is 10.1. The molecule has 0 bridgehead atoms. The number of carbonyl (C=O) groups excluding carboxylic acids is 1. The Labute approximate surface area is 208 Å². The number of halogens is 3. The van der Waals surface area contributed by atoms with E-state index in [1.807, 2.05) is 48.5 Å². The van der Waals surface area contributed by atoms with Crippen LogP contribution in [0.1, 0.15) is 27.6 Å². The topological polar surface area (TPSA) is 42.0 Å². The second kappa shape index (κ2) is 11.6. The Balaban J connectivity index is 1.43. The summed E-state index contributed by atoms with van der Waals surface area (Å²) in [5, 5.41) is 0.649. The number of piperazine rings is 1. The van der Waals surface area contributed by atoms with Crippen LogP contribution in [0.15, 0.2) is 66.7 Å². The van der Waals surface area contributed by atoms with Crippen molar-refractivity contribution in [2.75, 3.05) is 39.8 Å². The smallest absolute Gasteiger partial charge is 0.259 e. The Morgan fingerprint density at radius 2 is 1.66 bits per heavy atom. The molecular weight excluding hydrogens is 474 g/mol. The number of hydrogen-bond acceptors (Lipinski definition) is 4. The van der Waals surface area contributed by atoms with Gasteiger partial charge in [0.05, 0.1) is 19.8 Å². The molecule has 0 saturated carbocycles. The summed E-state index contributed by atoms with van der Waals surface area (Å²) in [5.74, 6) is -1.57. The maximum absolute atomic E-state index is 14.1. The molecule has 3 aromatic rings. The van der Waals surface area contributed by atoms with Gasteiger partial charge in [-0.1, -0.05) is 41.9 Å². The summed E-state index contributed by atoms with van der Waals surface area (Å²) >= 11 is 6.12. The first-order valence-corrected chi connectivity index (χ1v) is 11.8. The lowest BCUT2D eigenvalue weighted by Gasteiger charge is -2.36. The Morgan fingerprint density at radius 3 is 2.34 bits per heavy atom. The molecule has 35 heavy (non-hydrogen) atoms. The van der Waals surface area contributed by atoms with Crippen molar-refractivity contribution >= 4 is 17.5 Å². The summed E-state index contributed by atoms with van der Waals surface area (Å²) in [6, 6.07) is 18.7. The third-order valence-corrected chi connectivity index (χ3v) is 6.30. The summed E-state index contributed by atoms with van der Waals surface area (Å²) in [5.41, 5.74) is 1.44. The van der Waals surface area contributed by atoms with Crippen molar-refractivity contribution in [3.8, 4) is 5.75 Å². The number of carbonyl (C=O) groups is 1. The number of nitrogens with zero attached hydrogens (tertiary/aromatic N) is 2. The highest BCUT2D eigenvalue weighted by atomic mass is 35.5. The van der Waals surface area contributed by atoms with Crippen LogP contribution in [-0.4, -0.2) is 55.5 Å². The molecule has 5 nitrogen and oxygen atoms in total. The average Bonchev–Trinajstić information content (AvgIpc) is 2.87. The van der Waals surface area contributed by atoms with Gasteiger partial charge < -0.3 is 14.4 Å². The van der Waals surface area contributed by atoms with Crippen LogP contribution in [0.4, 0.5) is 8.78 Å². The predicted octanol–water partition coefficient (Wildman–Crippen LogP) is 5.34. The minimum absolute atomic E-state index is 0.254. The van der Waals surface area contributed by atoms with E-state index >= 15 is 0 Å². The molecule has 0 radical (unpaired) electrons. The van der Waals surface area contributed by atoms with Crippen molar-refractivity contribution in [3.05, 3.63) is 100 Å². The van der Waals surface area contributed by atoms with Crippen LogP contribution in [0, 0.1) is 11.6 Å². The standard InChI is InChI=1S/C27H27ClF2N2O3/c1-34-22-8-3-6-20(16-22)25(35-18-19-5-2-7-21(28)15-19)17-31-11-13-32(14-12-31)27(33)26-23(29)9-4-10-24(26)30/h2-10,15-16,25H,11-14,17-18H2,1H3. The molecule has 0 N–H and O–H groups in total. The summed E-state index contributed by atoms with van der Waals surface area (Å²) in [6.45, 7) is 2.82. The van der Waals surface area contributed by atoms with Gasteiger partial charge in [-0.05, 0) is 47.5 Å². The van der Waals surface area contributed by atoms with Crippen LogP contribution < -0.4 is 4.74 Å². The molecule has 0 spiro atoms. The van der Waals surface area contributed by atoms with E-state index in [-0.39, 0.29) is 6.10 Å². The maximum Gasteiger partial charge on any atom is 0.259 e. The summed E-state index contributed by atoms with van der Waals surface area (Å²) in [6.07, 6.45) is -0.254. The lowest BCUT2D eigenvalue weighted by molar-refractivity contribution is 0.00324. The van der Waals surface area contributed by atoms with Gasteiger partial charge in [0.1, 0.15) is 22.9 Å². The number of ether oxygens (including phenoxy) is 2. The molecule has 0 aromatic heterocycles. The van der Waals surface area contributed by atoms with Crippen molar-refractivity contribution in [1.29, 1.82) is 0 Å². The van der Waals surface area contributed by atoms with E-state index in [1.165, 1.54) is 11.0 Å². The zero-order valence-electron chi connectivity index (χ0n) is 19.4. The van der Waals surface area contributed by atoms with Crippen molar-refractivity contribution in [2.24, 2.45) is 0 Å². The van der Waals surface area contributed by atoms with E-state index in [0.29, 0.717) is 44.4 Å². The quantitative estimate of drug-likeness (QED) is 0.418. The molecule has 1 unspecified atom stereocenters. The van der Waals surface area contributed by atoms with Crippen LogP contribution >= 0.6 is 11.6 Å². The van der Waals surface area contributed by atoms with Crippen molar-refractivity contribution < 1.29 is 23.0 Å². The van der Waals surface area contributed by atoms with Gasteiger partial charge in [0.2, 0.25) is 0 Å². The zero-order chi connectivity index (χ0) is 24.8. The molecule has 1 atom stereocenters. The van der Waals surface area contributed by atoms with Gasteiger partial charge in [-0.25, -0.2) is 8.78 Å². The van der Waals surface area contributed by atoms with Crippen LogP contribution in [0.25, 0.3) is 0 Å². The Morgan fingerprint density at radius 1 is 0.971 bits per heavy atom. The molecule has 1 saturated heterocycles. The van der Waals surface area contributed by atoms with Crippen LogP contribution in [0.2, 0.25) is 5.02 Å². The number of benzene rings is 3. The highest BCUT2D eigenvalue weighted by Crippen LogP contribution is 2.26. The Bertz CT molecular complexity index is 1150. The number of rotatable bonds is 8. The van der Waals surface area contributed by atoms with Crippen molar-refractivity contribution in [1.82, 2.24) is 9.80 Å². The molecule has 0 aliphatic carbocycles. The van der Waals surface area contributed by atoms with Gasteiger partial charge in [0.25, 0.3) is 5.91 Å². The molecular formula is C27H27ClF2N2O3. The molecule has 1 heterocycles. The van der Waals surface area contributed by atoms with Crippen LogP contribution in [0.3, 0.4) is 0 Å². The Kier molecular flexibility index (Phi) is 8.33. The molecule has 1 amide bonds. The van der Waals surface area contributed by atoms with Crippen LogP contribution in [0.5, 0.6) is 5.75 Å². The van der Waals surface area contributed by atoms with Gasteiger partial charge in [-0.15, -0.1) is 0 Å². The third-order valence-electron chi connectivity index (χ3n) is 6.07.